The lowest BCUT2D eigenvalue weighted by Crippen LogP contribution is -2.15. The summed E-state index contributed by atoms with van der Waals surface area (Å²) in [6.07, 6.45) is -4.65. The maximum absolute atomic E-state index is 12.7. The Balaban J connectivity index is 3.69. The van der Waals surface area contributed by atoms with Gasteiger partial charge in [0.05, 0.1) is 5.56 Å². The first-order valence-corrected chi connectivity index (χ1v) is 4.94. The molecule has 0 fully saturated rings. The van der Waals surface area contributed by atoms with Gasteiger partial charge in [0.1, 0.15) is 0 Å². The van der Waals surface area contributed by atoms with Crippen molar-refractivity contribution in [1.82, 2.24) is 0 Å². The fraction of sp³-hybridized carbons (Fsp3) is 0.200. The Labute approximate surface area is 97.6 Å². The molecule has 0 aliphatic carbocycles. The molecule has 0 saturated carbocycles. The highest BCUT2D eigenvalue weighted by atomic mass is 79.9. The second-order valence-electron chi connectivity index (χ2n) is 3.06. The van der Waals surface area contributed by atoms with Gasteiger partial charge in [0, 0.05) is 15.6 Å². The van der Waals surface area contributed by atoms with E-state index in [2.05, 4.69) is 15.9 Å². The van der Waals surface area contributed by atoms with E-state index in [1.165, 1.54) is 6.07 Å². The number of benzene rings is 1. The highest BCUT2D eigenvalue weighted by molar-refractivity contribution is 9.10. The van der Waals surface area contributed by atoms with E-state index in [-0.39, 0.29) is 10.8 Å². The Bertz CT molecular complexity index is 452. The fourth-order valence-electron chi connectivity index (χ4n) is 1.34. The smallest absolute Gasteiger partial charge is 0.298 e. The number of halogens is 4. The molecule has 0 unspecified atom stereocenters. The van der Waals surface area contributed by atoms with Gasteiger partial charge in [-0.15, -0.1) is 0 Å². The first kappa shape index (κ1) is 12.9. The van der Waals surface area contributed by atoms with Gasteiger partial charge in [-0.2, -0.15) is 13.2 Å². The number of ketones is 1. The van der Waals surface area contributed by atoms with Gasteiger partial charge in [0.25, 0.3) is 0 Å². The molecule has 0 atom stereocenters. The lowest BCUT2D eigenvalue weighted by Gasteiger charge is -2.14. The summed E-state index contributed by atoms with van der Waals surface area (Å²) in [5.74, 6) is -0.747. The monoisotopic (exact) mass is 294 g/mol. The molecule has 2 nitrogen and oxygen atoms in total. The molecular weight excluding hydrogens is 289 g/mol. The number of rotatable bonds is 2. The molecular formula is C10H6BrF3O2. The zero-order valence-electron chi connectivity index (χ0n) is 8.06. The van der Waals surface area contributed by atoms with Crippen LogP contribution in [0.1, 0.15) is 33.2 Å². The molecule has 0 aromatic heterocycles. The van der Waals surface area contributed by atoms with Crippen molar-refractivity contribution in [2.45, 2.75) is 13.1 Å². The van der Waals surface area contributed by atoms with Gasteiger partial charge in [-0.3, -0.25) is 9.59 Å². The average molecular weight is 295 g/mol. The van der Waals surface area contributed by atoms with Crippen molar-refractivity contribution >= 4 is 28.0 Å². The third-order valence-electron chi connectivity index (χ3n) is 1.95. The minimum Gasteiger partial charge on any atom is -0.298 e. The van der Waals surface area contributed by atoms with Crippen molar-refractivity contribution in [3.05, 3.63) is 33.3 Å². The molecule has 86 valence electrons. The number of alkyl halides is 3. The van der Waals surface area contributed by atoms with Gasteiger partial charge in [0.2, 0.25) is 0 Å². The molecule has 0 N–H and O–H groups in total. The van der Waals surface area contributed by atoms with E-state index >= 15 is 0 Å². The second kappa shape index (κ2) is 4.37. The van der Waals surface area contributed by atoms with Crippen LogP contribution in [-0.4, -0.2) is 12.1 Å². The number of aldehydes is 1. The van der Waals surface area contributed by atoms with Gasteiger partial charge >= 0.3 is 6.18 Å². The first-order valence-electron chi connectivity index (χ1n) is 4.15. The van der Waals surface area contributed by atoms with Crippen molar-refractivity contribution in [1.29, 1.82) is 0 Å². The maximum Gasteiger partial charge on any atom is 0.417 e. The molecule has 0 amide bonds. The Morgan fingerprint density at radius 2 is 1.94 bits per heavy atom. The first-order chi connectivity index (χ1) is 7.29. The predicted molar refractivity (Wildman–Crippen MR) is 54.5 cm³/mol. The van der Waals surface area contributed by atoms with E-state index in [0.29, 0.717) is 0 Å². The molecule has 1 aromatic rings. The van der Waals surface area contributed by atoms with Crippen molar-refractivity contribution < 1.29 is 22.8 Å². The molecule has 1 rings (SSSR count). The Morgan fingerprint density at radius 1 is 1.38 bits per heavy atom. The van der Waals surface area contributed by atoms with Gasteiger partial charge in [0.15, 0.2) is 12.1 Å². The number of carbonyl (C=O) groups excluding carboxylic acids is 2. The molecule has 1 aromatic carbocycles. The van der Waals surface area contributed by atoms with Crippen LogP contribution >= 0.6 is 15.9 Å². The largest absolute Gasteiger partial charge is 0.417 e. The standard InChI is InChI=1S/C10H6BrF3O2/c1-5(16)8-7(11)3-2-6(4-15)9(8)10(12,13)14/h2-4H,1H3. The van der Waals surface area contributed by atoms with Gasteiger partial charge in [-0.05, 0) is 19.1 Å². The SMILES string of the molecule is CC(=O)c1c(Br)ccc(C=O)c1C(F)(F)F. The summed E-state index contributed by atoms with van der Waals surface area (Å²) < 4.78 is 38.1. The highest BCUT2D eigenvalue weighted by Crippen LogP contribution is 2.37. The Hall–Kier alpha value is -1.17. The lowest BCUT2D eigenvalue weighted by molar-refractivity contribution is -0.138. The second-order valence-corrected chi connectivity index (χ2v) is 3.91. The van der Waals surface area contributed by atoms with Crippen LogP contribution in [0.25, 0.3) is 0 Å². The van der Waals surface area contributed by atoms with E-state index in [1.807, 2.05) is 0 Å². The van der Waals surface area contributed by atoms with E-state index in [0.717, 1.165) is 13.0 Å². The normalized spacial score (nSPS) is 11.3. The van der Waals surface area contributed by atoms with Gasteiger partial charge < -0.3 is 0 Å². The molecule has 0 saturated heterocycles. The average Bonchev–Trinajstić information content (AvgIpc) is 2.15. The molecule has 0 aliphatic rings. The minimum atomic E-state index is -4.74. The minimum absolute atomic E-state index is 0.0259. The number of carbonyl (C=O) groups is 2. The summed E-state index contributed by atoms with van der Waals surface area (Å²) in [4.78, 5) is 21.7. The summed E-state index contributed by atoms with van der Waals surface area (Å²) in [6, 6.07) is 2.27. The molecule has 0 bridgehead atoms. The highest BCUT2D eigenvalue weighted by Gasteiger charge is 2.38. The van der Waals surface area contributed by atoms with E-state index < -0.39 is 28.6 Å². The van der Waals surface area contributed by atoms with Crippen molar-refractivity contribution in [3.8, 4) is 0 Å². The number of hydrogen-bond donors (Lipinski definition) is 0. The van der Waals surface area contributed by atoms with Crippen LogP contribution in [0.4, 0.5) is 13.2 Å². The van der Waals surface area contributed by atoms with Crippen LogP contribution in [0.15, 0.2) is 16.6 Å². The molecule has 16 heavy (non-hydrogen) atoms. The van der Waals surface area contributed by atoms with E-state index in [9.17, 15) is 22.8 Å². The van der Waals surface area contributed by atoms with Crippen LogP contribution in [0.2, 0.25) is 0 Å². The van der Waals surface area contributed by atoms with Crippen molar-refractivity contribution in [2.24, 2.45) is 0 Å². The molecule has 6 heteroatoms. The Morgan fingerprint density at radius 3 is 2.31 bits per heavy atom. The third-order valence-corrected chi connectivity index (χ3v) is 2.61. The van der Waals surface area contributed by atoms with Crippen LogP contribution < -0.4 is 0 Å². The molecule has 0 radical (unpaired) electrons. The Kier molecular flexibility index (Phi) is 3.52. The molecule has 0 spiro atoms. The lowest BCUT2D eigenvalue weighted by atomic mass is 9.99. The zero-order chi connectivity index (χ0) is 12.5. The van der Waals surface area contributed by atoms with Crippen molar-refractivity contribution in [2.75, 3.05) is 0 Å². The molecule has 0 heterocycles. The molecule has 0 aliphatic heterocycles. The summed E-state index contributed by atoms with van der Waals surface area (Å²) in [7, 11) is 0. The number of hydrogen-bond acceptors (Lipinski definition) is 2. The van der Waals surface area contributed by atoms with Crippen LogP contribution in [0.5, 0.6) is 0 Å². The predicted octanol–water partition coefficient (Wildman–Crippen LogP) is 3.48. The fourth-order valence-corrected chi connectivity index (χ4v) is 1.95. The quantitative estimate of drug-likeness (QED) is 0.618. The van der Waals surface area contributed by atoms with Gasteiger partial charge in [-0.1, -0.05) is 15.9 Å². The third kappa shape index (κ3) is 2.32. The summed E-state index contributed by atoms with van der Waals surface area (Å²) in [5.41, 5.74) is -2.25. The van der Waals surface area contributed by atoms with Crippen molar-refractivity contribution in [3.63, 3.8) is 0 Å². The van der Waals surface area contributed by atoms with Gasteiger partial charge in [-0.25, -0.2) is 0 Å². The number of Topliss-reactive ketones (excluding diaryl/α,β-unsaturated/α-hetero) is 1. The van der Waals surface area contributed by atoms with Crippen LogP contribution in [0, 0.1) is 0 Å². The summed E-state index contributed by atoms with van der Waals surface area (Å²) in [6.45, 7) is 1.02. The van der Waals surface area contributed by atoms with E-state index in [1.54, 1.807) is 0 Å². The topological polar surface area (TPSA) is 34.1 Å². The summed E-state index contributed by atoms with van der Waals surface area (Å²) in [5, 5.41) is 0. The van der Waals surface area contributed by atoms with E-state index in [4.69, 9.17) is 0 Å². The maximum atomic E-state index is 12.7. The summed E-state index contributed by atoms with van der Waals surface area (Å²) >= 11 is 2.87. The van der Waals surface area contributed by atoms with Crippen LogP contribution in [0.3, 0.4) is 0 Å². The van der Waals surface area contributed by atoms with Crippen LogP contribution in [-0.2, 0) is 6.18 Å². The zero-order valence-corrected chi connectivity index (χ0v) is 9.65.